The fourth-order valence-electron chi connectivity index (χ4n) is 3.05. The predicted molar refractivity (Wildman–Crippen MR) is 120 cm³/mol. The summed E-state index contributed by atoms with van der Waals surface area (Å²) in [6.07, 6.45) is 6.26. The van der Waals surface area contributed by atoms with Crippen molar-refractivity contribution in [2.24, 2.45) is 11.7 Å². The van der Waals surface area contributed by atoms with Crippen molar-refractivity contribution < 1.29 is 19.5 Å². The van der Waals surface area contributed by atoms with Gasteiger partial charge >= 0.3 is 5.97 Å². The number of nitrogens with one attached hydrogen (secondary N) is 2. The predicted octanol–water partition coefficient (Wildman–Crippen LogP) is 0.337. The van der Waals surface area contributed by atoms with Crippen LogP contribution in [0, 0.1) is 5.92 Å². The molecular weight excluding hydrogens is 412 g/mol. The largest absolute Gasteiger partial charge is 0.480 e. The molecule has 0 aromatic rings. The molecule has 0 fully saturated rings. The fraction of sp³-hybridized carbons (Fsp3) is 0.737. The van der Waals surface area contributed by atoms with Gasteiger partial charge in [-0.2, -0.15) is 24.4 Å². The number of nitrogens with two attached hydrogens (primary N) is 1. The smallest absolute Gasteiger partial charge is 0.326 e. The van der Waals surface area contributed by atoms with Gasteiger partial charge in [-0.05, 0) is 30.8 Å². The van der Waals surface area contributed by atoms with Gasteiger partial charge in [0.25, 0.3) is 0 Å². The van der Waals surface area contributed by atoms with Gasteiger partial charge in [-0.15, -0.1) is 0 Å². The lowest BCUT2D eigenvalue weighted by molar-refractivity contribution is -0.145. The van der Waals surface area contributed by atoms with Crippen LogP contribution in [-0.4, -0.2) is 82.8 Å². The molecule has 1 aliphatic heterocycles. The normalized spacial score (nSPS) is 19.7. The minimum absolute atomic E-state index is 0.00224. The molecule has 0 aromatic heterocycles. The van der Waals surface area contributed by atoms with Crippen molar-refractivity contribution in [3.8, 4) is 0 Å². The second kappa shape index (κ2) is 13.1. The lowest BCUT2D eigenvalue weighted by atomic mass is 9.99. The van der Waals surface area contributed by atoms with Crippen LogP contribution in [0.2, 0.25) is 0 Å². The van der Waals surface area contributed by atoms with Crippen LogP contribution in [-0.2, 0) is 14.4 Å². The molecule has 1 rings (SSSR count). The molecule has 10 heteroatoms. The van der Waals surface area contributed by atoms with Gasteiger partial charge in [0.05, 0.1) is 6.04 Å². The maximum atomic E-state index is 13.2. The first-order chi connectivity index (χ1) is 13.7. The van der Waals surface area contributed by atoms with Crippen molar-refractivity contribution in [2.75, 3.05) is 30.9 Å². The second-order valence-corrected chi connectivity index (χ2v) is 8.82. The fourth-order valence-corrected chi connectivity index (χ4v) is 3.65. The first kappa shape index (κ1) is 25.8. The molecule has 0 unspecified atom stereocenters. The number of thiol groups is 1. The van der Waals surface area contributed by atoms with Crippen LogP contribution in [0.25, 0.3) is 0 Å². The maximum Gasteiger partial charge on any atom is 0.326 e. The molecule has 0 bridgehead atoms. The molecule has 1 heterocycles. The topological polar surface area (TPSA) is 125 Å². The molecule has 4 atom stereocenters. The summed E-state index contributed by atoms with van der Waals surface area (Å²) >= 11 is 5.68. The maximum absolute atomic E-state index is 13.2. The van der Waals surface area contributed by atoms with Gasteiger partial charge in [-0.25, -0.2) is 4.79 Å². The molecule has 0 saturated heterocycles. The SMILES string of the molecule is CSCC[C@H](NC(=O)[C@H]1CC=CCN1C(=O)[C@@H](NC[C@@H](N)CS)C(C)C)C(=O)O. The van der Waals surface area contributed by atoms with E-state index in [4.69, 9.17) is 5.73 Å². The minimum atomic E-state index is -1.07. The highest BCUT2D eigenvalue weighted by Gasteiger charge is 2.36. The Balaban J connectivity index is 2.90. The number of carbonyl (C=O) groups excluding carboxylic acids is 2. The number of carboxylic acid groups (broad SMARTS) is 1. The summed E-state index contributed by atoms with van der Waals surface area (Å²) in [5.74, 6) is -0.583. The molecule has 0 aliphatic carbocycles. The molecule has 2 amide bonds. The van der Waals surface area contributed by atoms with Crippen molar-refractivity contribution in [1.29, 1.82) is 0 Å². The highest BCUT2D eigenvalue weighted by Crippen LogP contribution is 2.17. The van der Waals surface area contributed by atoms with E-state index in [0.29, 0.717) is 37.4 Å². The van der Waals surface area contributed by atoms with Crippen LogP contribution in [0.1, 0.15) is 26.7 Å². The van der Waals surface area contributed by atoms with Crippen molar-refractivity contribution in [1.82, 2.24) is 15.5 Å². The van der Waals surface area contributed by atoms with Crippen LogP contribution in [0.4, 0.5) is 0 Å². The summed E-state index contributed by atoms with van der Waals surface area (Å²) < 4.78 is 0. The highest BCUT2D eigenvalue weighted by molar-refractivity contribution is 7.98. The van der Waals surface area contributed by atoms with E-state index in [2.05, 4.69) is 23.3 Å². The van der Waals surface area contributed by atoms with Crippen molar-refractivity contribution in [2.45, 2.75) is 50.9 Å². The zero-order chi connectivity index (χ0) is 22.0. The highest BCUT2D eigenvalue weighted by atomic mass is 32.2. The van der Waals surface area contributed by atoms with Gasteiger partial charge in [0, 0.05) is 24.9 Å². The van der Waals surface area contributed by atoms with E-state index in [1.54, 1.807) is 0 Å². The minimum Gasteiger partial charge on any atom is -0.480 e. The zero-order valence-electron chi connectivity index (χ0n) is 17.3. The molecule has 29 heavy (non-hydrogen) atoms. The van der Waals surface area contributed by atoms with Crippen molar-refractivity contribution in [3.05, 3.63) is 12.2 Å². The number of carboxylic acids is 1. The van der Waals surface area contributed by atoms with Gasteiger partial charge in [0.15, 0.2) is 0 Å². The Bertz CT molecular complexity index is 589. The van der Waals surface area contributed by atoms with Gasteiger partial charge < -0.3 is 26.4 Å². The third kappa shape index (κ3) is 8.19. The van der Waals surface area contributed by atoms with E-state index in [1.807, 2.05) is 32.3 Å². The Morgan fingerprint density at radius 2 is 2.03 bits per heavy atom. The number of hydrogen-bond donors (Lipinski definition) is 5. The summed E-state index contributed by atoms with van der Waals surface area (Å²) in [6.45, 7) is 4.61. The number of aliphatic carboxylic acids is 1. The standard InChI is InChI=1S/C19H34N4O4S2/c1-12(2)16(21-10-13(20)11-28)18(25)23-8-5-4-6-15(23)17(24)22-14(19(26)27)7-9-29-3/h4-5,12-16,21,28H,6-11,20H2,1-3H3,(H,22,24)(H,26,27)/t13-,14+,15-,16+/m1/s1. The quantitative estimate of drug-likeness (QED) is 0.216. The third-order valence-electron chi connectivity index (χ3n) is 4.78. The van der Waals surface area contributed by atoms with E-state index >= 15 is 0 Å². The van der Waals surface area contributed by atoms with E-state index < -0.39 is 30.0 Å². The molecule has 0 saturated carbocycles. The Kier molecular flexibility index (Phi) is 11.7. The number of thioether (sulfide) groups is 1. The lowest BCUT2D eigenvalue weighted by Gasteiger charge is -2.36. The Hall–Kier alpha value is -1.23. The van der Waals surface area contributed by atoms with E-state index in [0.717, 1.165) is 0 Å². The van der Waals surface area contributed by atoms with Crippen LogP contribution in [0.3, 0.4) is 0 Å². The van der Waals surface area contributed by atoms with Crippen molar-refractivity contribution in [3.63, 3.8) is 0 Å². The second-order valence-electron chi connectivity index (χ2n) is 7.47. The van der Waals surface area contributed by atoms with Crippen LogP contribution < -0.4 is 16.4 Å². The van der Waals surface area contributed by atoms with Gasteiger partial charge in [-0.1, -0.05) is 26.0 Å². The molecule has 0 aromatic carbocycles. The summed E-state index contributed by atoms with van der Waals surface area (Å²) in [6, 6.07) is -2.37. The number of carbonyl (C=O) groups is 3. The van der Waals surface area contributed by atoms with Gasteiger partial charge in [0.1, 0.15) is 12.1 Å². The third-order valence-corrected chi connectivity index (χ3v) is 5.90. The van der Waals surface area contributed by atoms with Crippen LogP contribution >= 0.6 is 24.4 Å². The van der Waals surface area contributed by atoms with Gasteiger partial charge in [0.2, 0.25) is 11.8 Å². The first-order valence-corrected chi connectivity index (χ1v) is 11.8. The molecular formula is C19H34N4O4S2. The summed E-state index contributed by atoms with van der Waals surface area (Å²) in [7, 11) is 0. The van der Waals surface area contributed by atoms with E-state index in [1.165, 1.54) is 16.7 Å². The number of rotatable bonds is 12. The average Bonchev–Trinajstić information content (AvgIpc) is 2.70. The van der Waals surface area contributed by atoms with E-state index in [-0.39, 0.29) is 17.9 Å². The molecule has 0 spiro atoms. The number of nitrogens with zero attached hydrogens (tertiary/aromatic N) is 1. The van der Waals surface area contributed by atoms with Crippen LogP contribution in [0.15, 0.2) is 12.2 Å². The number of amides is 2. The van der Waals surface area contributed by atoms with Crippen molar-refractivity contribution >= 4 is 42.2 Å². The van der Waals surface area contributed by atoms with Crippen LogP contribution in [0.5, 0.6) is 0 Å². The first-order valence-electron chi connectivity index (χ1n) is 9.80. The molecule has 1 aliphatic rings. The molecule has 5 N–H and O–H groups in total. The Labute approximate surface area is 182 Å². The summed E-state index contributed by atoms with van der Waals surface area (Å²) in [5.41, 5.74) is 5.90. The lowest BCUT2D eigenvalue weighted by Crippen LogP contribution is -2.59. The summed E-state index contributed by atoms with van der Waals surface area (Å²) in [4.78, 5) is 39.0. The molecule has 8 nitrogen and oxygen atoms in total. The molecule has 166 valence electrons. The number of hydrogen-bond acceptors (Lipinski definition) is 7. The Morgan fingerprint density at radius 3 is 2.59 bits per heavy atom. The Morgan fingerprint density at radius 1 is 1.34 bits per heavy atom. The monoisotopic (exact) mass is 446 g/mol. The molecule has 0 radical (unpaired) electrons. The van der Waals surface area contributed by atoms with Gasteiger partial charge in [-0.3, -0.25) is 9.59 Å². The van der Waals surface area contributed by atoms with E-state index in [9.17, 15) is 19.5 Å². The average molecular weight is 447 g/mol. The zero-order valence-corrected chi connectivity index (χ0v) is 19.0. The summed E-state index contributed by atoms with van der Waals surface area (Å²) in [5, 5.41) is 15.2.